The van der Waals surface area contributed by atoms with Crippen LogP contribution in [0.5, 0.6) is 0 Å². The molecular weight excluding hydrogens is 374 g/mol. The first kappa shape index (κ1) is 21.8. The molecule has 0 fully saturated rings. The van der Waals surface area contributed by atoms with Crippen LogP contribution in [0.2, 0.25) is 0 Å². The van der Waals surface area contributed by atoms with E-state index in [4.69, 9.17) is 4.74 Å². The number of Topliss-reactive ketones (excluding diaryl/α,β-unsaturated/α-hetero) is 1. The molecule has 2 aromatic carbocycles. The molecule has 152 valence electrons. The standard InChI is InChI=1S/C22H23NO6/c1-13(2)20(25)23-18-11-9-15(10-12-18)19(24)14(3)29-22(27)17-7-5-16(6-8-17)21(26)28-4/h5-14H,1-4H3,(H,23,25). The van der Waals surface area contributed by atoms with Crippen LogP contribution in [0, 0.1) is 5.92 Å². The van der Waals surface area contributed by atoms with Crippen LogP contribution in [0.3, 0.4) is 0 Å². The molecule has 0 aliphatic rings. The molecule has 7 heteroatoms. The number of ketones is 1. The lowest BCUT2D eigenvalue weighted by Crippen LogP contribution is -2.24. The molecule has 0 heterocycles. The molecule has 1 atom stereocenters. The summed E-state index contributed by atoms with van der Waals surface area (Å²) in [6.45, 7) is 5.05. The fourth-order valence-corrected chi connectivity index (χ4v) is 2.38. The van der Waals surface area contributed by atoms with E-state index in [2.05, 4.69) is 10.1 Å². The Morgan fingerprint density at radius 3 is 1.72 bits per heavy atom. The number of methoxy groups -OCH3 is 1. The molecule has 0 aliphatic carbocycles. The smallest absolute Gasteiger partial charge is 0.338 e. The van der Waals surface area contributed by atoms with Crippen LogP contribution in [0.15, 0.2) is 48.5 Å². The molecule has 2 aromatic rings. The molecule has 0 saturated heterocycles. The van der Waals surface area contributed by atoms with Gasteiger partial charge in [0.25, 0.3) is 0 Å². The summed E-state index contributed by atoms with van der Waals surface area (Å²) in [6.07, 6.45) is -1.00. The van der Waals surface area contributed by atoms with Crippen molar-refractivity contribution in [1.29, 1.82) is 0 Å². The fourth-order valence-electron chi connectivity index (χ4n) is 2.38. The van der Waals surface area contributed by atoms with Crippen LogP contribution in [0.1, 0.15) is 51.8 Å². The third-order valence-electron chi connectivity index (χ3n) is 4.16. The topological polar surface area (TPSA) is 98.8 Å². The summed E-state index contributed by atoms with van der Waals surface area (Å²) in [7, 11) is 1.27. The van der Waals surface area contributed by atoms with E-state index in [1.54, 1.807) is 38.1 Å². The molecule has 0 saturated carbocycles. The molecule has 1 unspecified atom stereocenters. The maximum atomic E-state index is 12.5. The van der Waals surface area contributed by atoms with Crippen molar-refractivity contribution in [2.75, 3.05) is 12.4 Å². The van der Waals surface area contributed by atoms with Gasteiger partial charge in [-0.05, 0) is 55.5 Å². The Bertz CT molecular complexity index is 900. The highest BCUT2D eigenvalue weighted by Gasteiger charge is 2.21. The van der Waals surface area contributed by atoms with E-state index in [1.807, 2.05) is 0 Å². The van der Waals surface area contributed by atoms with Gasteiger partial charge in [0, 0.05) is 17.2 Å². The first-order chi connectivity index (χ1) is 13.7. The van der Waals surface area contributed by atoms with Crippen LogP contribution >= 0.6 is 0 Å². The summed E-state index contributed by atoms with van der Waals surface area (Å²) in [4.78, 5) is 47.9. The second kappa shape index (κ2) is 9.64. The zero-order valence-corrected chi connectivity index (χ0v) is 16.7. The van der Waals surface area contributed by atoms with Crippen LogP contribution in [0.25, 0.3) is 0 Å². The first-order valence-corrected chi connectivity index (χ1v) is 9.07. The first-order valence-electron chi connectivity index (χ1n) is 9.07. The normalized spacial score (nSPS) is 11.5. The van der Waals surface area contributed by atoms with E-state index in [0.717, 1.165) is 0 Å². The highest BCUT2D eigenvalue weighted by atomic mass is 16.5. The maximum Gasteiger partial charge on any atom is 0.338 e. The van der Waals surface area contributed by atoms with Gasteiger partial charge in [0.2, 0.25) is 11.7 Å². The molecule has 1 N–H and O–H groups in total. The van der Waals surface area contributed by atoms with Gasteiger partial charge in [0.15, 0.2) is 6.10 Å². The zero-order valence-electron chi connectivity index (χ0n) is 16.7. The number of hydrogen-bond acceptors (Lipinski definition) is 6. The lowest BCUT2D eigenvalue weighted by atomic mass is 10.1. The summed E-state index contributed by atoms with van der Waals surface area (Å²) in [5.41, 5.74) is 1.45. The number of anilines is 1. The minimum Gasteiger partial charge on any atom is -0.465 e. The van der Waals surface area contributed by atoms with E-state index < -0.39 is 18.0 Å². The predicted octanol–water partition coefficient (Wildman–Crippen LogP) is 3.50. The second-order valence-electron chi connectivity index (χ2n) is 6.70. The maximum absolute atomic E-state index is 12.5. The highest BCUT2D eigenvalue weighted by Crippen LogP contribution is 2.15. The van der Waals surface area contributed by atoms with Gasteiger partial charge in [0.1, 0.15) is 0 Å². The van der Waals surface area contributed by atoms with Crippen molar-refractivity contribution in [3.05, 3.63) is 65.2 Å². The number of nitrogens with one attached hydrogen (secondary N) is 1. The van der Waals surface area contributed by atoms with Crippen molar-refractivity contribution in [2.24, 2.45) is 5.92 Å². The molecule has 7 nitrogen and oxygen atoms in total. The SMILES string of the molecule is COC(=O)c1ccc(C(=O)OC(C)C(=O)c2ccc(NC(=O)C(C)C)cc2)cc1. The van der Waals surface area contributed by atoms with Gasteiger partial charge in [-0.1, -0.05) is 13.8 Å². The lowest BCUT2D eigenvalue weighted by Gasteiger charge is -2.13. The number of rotatable bonds is 7. The van der Waals surface area contributed by atoms with Gasteiger partial charge < -0.3 is 14.8 Å². The predicted molar refractivity (Wildman–Crippen MR) is 107 cm³/mol. The Morgan fingerprint density at radius 2 is 1.24 bits per heavy atom. The number of hydrogen-bond donors (Lipinski definition) is 1. The monoisotopic (exact) mass is 397 g/mol. The Balaban J connectivity index is 2.00. The number of esters is 2. The summed E-state index contributed by atoms with van der Waals surface area (Å²) < 4.78 is 9.83. The molecule has 0 radical (unpaired) electrons. The molecule has 1 amide bonds. The molecule has 0 aliphatic heterocycles. The molecule has 29 heavy (non-hydrogen) atoms. The third-order valence-corrected chi connectivity index (χ3v) is 4.16. The van der Waals surface area contributed by atoms with Gasteiger partial charge in [0.05, 0.1) is 18.2 Å². The molecule has 2 rings (SSSR count). The number of carbonyl (C=O) groups is 4. The zero-order chi connectivity index (χ0) is 21.6. The third kappa shape index (κ3) is 5.75. The summed E-state index contributed by atoms with van der Waals surface area (Å²) >= 11 is 0. The van der Waals surface area contributed by atoms with Crippen LogP contribution in [-0.4, -0.2) is 36.8 Å². The van der Waals surface area contributed by atoms with Gasteiger partial charge in [-0.3, -0.25) is 9.59 Å². The van der Waals surface area contributed by atoms with Crippen molar-refractivity contribution >= 4 is 29.3 Å². The number of amides is 1. The van der Waals surface area contributed by atoms with Gasteiger partial charge in [-0.15, -0.1) is 0 Å². The number of ether oxygens (including phenoxy) is 2. The van der Waals surface area contributed by atoms with Crippen molar-refractivity contribution in [3.63, 3.8) is 0 Å². The highest BCUT2D eigenvalue weighted by molar-refractivity contribution is 6.02. The van der Waals surface area contributed by atoms with Crippen molar-refractivity contribution in [1.82, 2.24) is 0 Å². The largest absolute Gasteiger partial charge is 0.465 e. The minimum absolute atomic E-state index is 0.121. The van der Waals surface area contributed by atoms with Crippen molar-refractivity contribution in [3.8, 4) is 0 Å². The van der Waals surface area contributed by atoms with E-state index in [-0.39, 0.29) is 23.2 Å². The Hall–Kier alpha value is -3.48. The van der Waals surface area contributed by atoms with Crippen molar-refractivity contribution < 1.29 is 28.7 Å². The quantitative estimate of drug-likeness (QED) is 0.567. The Labute approximate surface area is 169 Å². The summed E-state index contributed by atoms with van der Waals surface area (Å²) in [5, 5.41) is 2.74. The molecule has 0 bridgehead atoms. The average molecular weight is 397 g/mol. The van der Waals surface area contributed by atoms with Crippen molar-refractivity contribution in [2.45, 2.75) is 26.9 Å². The number of carbonyl (C=O) groups excluding carboxylic acids is 4. The minimum atomic E-state index is -1.00. The van der Waals surface area contributed by atoms with E-state index in [9.17, 15) is 19.2 Å². The second-order valence-corrected chi connectivity index (χ2v) is 6.70. The van der Waals surface area contributed by atoms with E-state index >= 15 is 0 Å². The van der Waals surface area contributed by atoms with Crippen LogP contribution in [0.4, 0.5) is 5.69 Å². The lowest BCUT2D eigenvalue weighted by molar-refractivity contribution is -0.118. The molecule has 0 spiro atoms. The van der Waals surface area contributed by atoms with Crippen LogP contribution in [-0.2, 0) is 14.3 Å². The fraction of sp³-hybridized carbons (Fsp3) is 0.273. The van der Waals surface area contributed by atoms with Crippen LogP contribution < -0.4 is 5.32 Å². The Morgan fingerprint density at radius 1 is 0.759 bits per heavy atom. The van der Waals surface area contributed by atoms with Gasteiger partial charge in [-0.25, -0.2) is 9.59 Å². The number of benzene rings is 2. The molecular formula is C22H23NO6. The van der Waals surface area contributed by atoms with E-state index in [0.29, 0.717) is 16.8 Å². The summed E-state index contributed by atoms with van der Waals surface area (Å²) in [5.74, 6) is -1.84. The van der Waals surface area contributed by atoms with E-state index in [1.165, 1.54) is 38.3 Å². The molecule has 0 aromatic heterocycles. The Kier molecular flexibility index (Phi) is 7.25. The van der Waals surface area contributed by atoms with Gasteiger partial charge >= 0.3 is 11.9 Å². The van der Waals surface area contributed by atoms with Gasteiger partial charge in [-0.2, -0.15) is 0 Å². The average Bonchev–Trinajstić information content (AvgIpc) is 2.73. The summed E-state index contributed by atoms with van der Waals surface area (Å²) in [6, 6.07) is 12.1.